The molecule has 0 bridgehead atoms. The highest BCUT2D eigenvalue weighted by Gasteiger charge is 2.42. The molecule has 0 unspecified atom stereocenters. The summed E-state index contributed by atoms with van der Waals surface area (Å²) in [5.74, 6) is 0.386. The van der Waals surface area contributed by atoms with Gasteiger partial charge in [-0.15, -0.1) is 0 Å². The van der Waals surface area contributed by atoms with E-state index in [0.29, 0.717) is 19.1 Å². The van der Waals surface area contributed by atoms with Gasteiger partial charge in [-0.2, -0.15) is 0 Å². The van der Waals surface area contributed by atoms with Crippen molar-refractivity contribution < 1.29 is 14.3 Å². The number of hydrogen-bond donors (Lipinski definition) is 1. The Hall–Kier alpha value is -2.56. The van der Waals surface area contributed by atoms with E-state index >= 15 is 0 Å². The molecule has 0 amide bonds. The summed E-state index contributed by atoms with van der Waals surface area (Å²) in [7, 11) is 0. The number of esters is 1. The van der Waals surface area contributed by atoms with Gasteiger partial charge in [0.1, 0.15) is 12.0 Å². The third-order valence-electron chi connectivity index (χ3n) is 5.00. The molecule has 0 atom stereocenters. The predicted octanol–water partition coefficient (Wildman–Crippen LogP) is 4.22. The zero-order chi connectivity index (χ0) is 18.4. The number of carbonyl (C=O) groups is 1. The smallest absolute Gasteiger partial charge is 0.315 e. The molecule has 1 aromatic heterocycles. The standard InChI is InChI=1S/C21H26N2O3/c1-2-25-20(24)21(12-4-3-5-13-21)15-26-19-11-8-17(14-23-19)16-6-9-18(22)10-7-16/h6-11,14H,2-5,12-13,15,22H2,1H3. The summed E-state index contributed by atoms with van der Waals surface area (Å²) < 4.78 is 11.2. The predicted molar refractivity (Wildman–Crippen MR) is 102 cm³/mol. The molecule has 0 saturated heterocycles. The molecule has 2 aromatic rings. The Morgan fingerprint density at radius 1 is 1.08 bits per heavy atom. The molecule has 5 heteroatoms. The van der Waals surface area contributed by atoms with Gasteiger partial charge in [0, 0.05) is 23.5 Å². The van der Waals surface area contributed by atoms with Gasteiger partial charge in [-0.1, -0.05) is 31.4 Å². The van der Waals surface area contributed by atoms with Crippen LogP contribution in [0.3, 0.4) is 0 Å². The first-order valence-corrected chi connectivity index (χ1v) is 9.25. The van der Waals surface area contributed by atoms with Crippen molar-refractivity contribution in [2.45, 2.75) is 39.0 Å². The number of nitrogen functional groups attached to an aromatic ring is 1. The summed E-state index contributed by atoms with van der Waals surface area (Å²) in [5, 5.41) is 0. The van der Waals surface area contributed by atoms with Crippen LogP contribution >= 0.6 is 0 Å². The van der Waals surface area contributed by atoms with Gasteiger partial charge in [0.15, 0.2) is 0 Å². The van der Waals surface area contributed by atoms with Crippen molar-refractivity contribution in [3.8, 4) is 17.0 Å². The Labute approximate surface area is 154 Å². The fourth-order valence-electron chi connectivity index (χ4n) is 3.44. The zero-order valence-corrected chi connectivity index (χ0v) is 15.2. The highest BCUT2D eigenvalue weighted by Crippen LogP contribution is 2.38. The van der Waals surface area contributed by atoms with Crippen LogP contribution < -0.4 is 10.5 Å². The Bertz CT molecular complexity index is 720. The van der Waals surface area contributed by atoms with E-state index in [1.54, 1.807) is 6.20 Å². The molecule has 3 rings (SSSR count). The Balaban J connectivity index is 1.67. The van der Waals surface area contributed by atoms with Crippen molar-refractivity contribution in [1.29, 1.82) is 0 Å². The lowest BCUT2D eigenvalue weighted by atomic mass is 9.74. The van der Waals surface area contributed by atoms with Crippen molar-refractivity contribution in [3.05, 3.63) is 42.6 Å². The number of anilines is 1. The minimum absolute atomic E-state index is 0.141. The Morgan fingerprint density at radius 2 is 1.77 bits per heavy atom. The van der Waals surface area contributed by atoms with Gasteiger partial charge in [0.05, 0.1) is 6.61 Å². The van der Waals surface area contributed by atoms with E-state index in [9.17, 15) is 4.79 Å². The molecule has 26 heavy (non-hydrogen) atoms. The maximum Gasteiger partial charge on any atom is 0.315 e. The van der Waals surface area contributed by atoms with Crippen molar-refractivity contribution >= 4 is 11.7 Å². The van der Waals surface area contributed by atoms with Gasteiger partial charge in [0.25, 0.3) is 0 Å². The van der Waals surface area contributed by atoms with Crippen LogP contribution in [0.1, 0.15) is 39.0 Å². The molecule has 1 fully saturated rings. The molecule has 1 saturated carbocycles. The van der Waals surface area contributed by atoms with Gasteiger partial charge in [-0.05, 0) is 43.5 Å². The van der Waals surface area contributed by atoms with Crippen molar-refractivity contribution in [2.24, 2.45) is 5.41 Å². The molecule has 0 radical (unpaired) electrons. The summed E-state index contributed by atoms with van der Waals surface area (Å²) in [5.41, 5.74) is 7.97. The third kappa shape index (κ3) is 4.15. The molecule has 0 aliphatic heterocycles. The van der Waals surface area contributed by atoms with Crippen molar-refractivity contribution in [3.63, 3.8) is 0 Å². The largest absolute Gasteiger partial charge is 0.476 e. The summed E-state index contributed by atoms with van der Waals surface area (Å²) in [6.45, 7) is 2.56. The van der Waals surface area contributed by atoms with E-state index in [4.69, 9.17) is 15.2 Å². The Kier molecular flexibility index (Phi) is 5.76. The first-order chi connectivity index (χ1) is 12.6. The minimum atomic E-state index is -0.536. The Morgan fingerprint density at radius 3 is 2.38 bits per heavy atom. The lowest BCUT2D eigenvalue weighted by molar-refractivity contribution is -0.160. The summed E-state index contributed by atoms with van der Waals surface area (Å²) in [6, 6.07) is 11.5. The van der Waals surface area contributed by atoms with Gasteiger partial charge in [0.2, 0.25) is 5.88 Å². The molecule has 1 aliphatic carbocycles. The highest BCUT2D eigenvalue weighted by atomic mass is 16.5. The van der Waals surface area contributed by atoms with Crippen molar-refractivity contribution in [2.75, 3.05) is 18.9 Å². The van der Waals surface area contributed by atoms with E-state index in [0.717, 1.165) is 48.9 Å². The van der Waals surface area contributed by atoms with E-state index in [1.807, 2.05) is 43.3 Å². The third-order valence-corrected chi connectivity index (χ3v) is 5.00. The van der Waals surface area contributed by atoms with Gasteiger partial charge >= 0.3 is 5.97 Å². The summed E-state index contributed by atoms with van der Waals surface area (Å²) in [4.78, 5) is 16.9. The van der Waals surface area contributed by atoms with E-state index in [-0.39, 0.29) is 5.97 Å². The first kappa shape index (κ1) is 18.2. The average molecular weight is 354 g/mol. The molecule has 1 heterocycles. The first-order valence-electron chi connectivity index (χ1n) is 9.25. The van der Waals surface area contributed by atoms with Gasteiger partial charge < -0.3 is 15.2 Å². The topological polar surface area (TPSA) is 74.4 Å². The average Bonchev–Trinajstić information content (AvgIpc) is 2.68. The molecule has 0 spiro atoms. The zero-order valence-electron chi connectivity index (χ0n) is 15.2. The molecule has 1 aromatic carbocycles. The van der Waals surface area contributed by atoms with Crippen LogP contribution in [0.15, 0.2) is 42.6 Å². The molecule has 138 valence electrons. The van der Waals surface area contributed by atoms with E-state index < -0.39 is 5.41 Å². The number of ether oxygens (including phenoxy) is 2. The lowest BCUT2D eigenvalue weighted by Gasteiger charge is -2.34. The van der Waals surface area contributed by atoms with Crippen LogP contribution in [-0.4, -0.2) is 24.2 Å². The number of nitrogens with zero attached hydrogens (tertiary/aromatic N) is 1. The van der Waals surface area contributed by atoms with E-state index in [1.165, 1.54) is 0 Å². The number of rotatable bonds is 6. The molecule has 5 nitrogen and oxygen atoms in total. The fraction of sp³-hybridized carbons (Fsp3) is 0.429. The van der Waals surface area contributed by atoms with Crippen LogP contribution in [0.5, 0.6) is 5.88 Å². The number of aromatic nitrogens is 1. The van der Waals surface area contributed by atoms with Crippen LogP contribution in [0.4, 0.5) is 5.69 Å². The second-order valence-corrected chi connectivity index (χ2v) is 6.86. The van der Waals surface area contributed by atoms with Crippen molar-refractivity contribution in [1.82, 2.24) is 4.98 Å². The summed E-state index contributed by atoms with van der Waals surface area (Å²) >= 11 is 0. The van der Waals surface area contributed by atoms with Gasteiger partial charge in [-0.25, -0.2) is 4.98 Å². The lowest BCUT2D eigenvalue weighted by Crippen LogP contribution is -2.40. The normalized spacial score (nSPS) is 16.0. The monoisotopic (exact) mass is 354 g/mol. The summed E-state index contributed by atoms with van der Waals surface area (Å²) in [6.07, 6.45) is 6.64. The molecule has 1 aliphatic rings. The highest BCUT2D eigenvalue weighted by molar-refractivity contribution is 5.77. The molecule has 2 N–H and O–H groups in total. The van der Waals surface area contributed by atoms with Crippen LogP contribution in [0.2, 0.25) is 0 Å². The van der Waals surface area contributed by atoms with Gasteiger partial charge in [-0.3, -0.25) is 4.79 Å². The second kappa shape index (κ2) is 8.21. The minimum Gasteiger partial charge on any atom is -0.476 e. The van der Waals surface area contributed by atoms with Crippen LogP contribution in [0, 0.1) is 5.41 Å². The molecular formula is C21H26N2O3. The van der Waals surface area contributed by atoms with Crippen LogP contribution in [-0.2, 0) is 9.53 Å². The molecular weight excluding hydrogens is 328 g/mol. The number of nitrogens with two attached hydrogens (primary N) is 1. The second-order valence-electron chi connectivity index (χ2n) is 6.86. The fourth-order valence-corrected chi connectivity index (χ4v) is 3.44. The van der Waals surface area contributed by atoms with E-state index in [2.05, 4.69) is 4.98 Å². The maximum atomic E-state index is 12.5. The quantitative estimate of drug-likeness (QED) is 0.621. The number of pyridine rings is 1. The number of hydrogen-bond acceptors (Lipinski definition) is 5. The number of benzene rings is 1. The van der Waals surface area contributed by atoms with Crippen LogP contribution in [0.25, 0.3) is 11.1 Å². The maximum absolute atomic E-state index is 12.5. The number of carbonyl (C=O) groups excluding carboxylic acids is 1. The SMILES string of the molecule is CCOC(=O)C1(COc2ccc(-c3ccc(N)cc3)cn2)CCCCC1.